The van der Waals surface area contributed by atoms with E-state index in [0.717, 1.165) is 4.57 Å². The van der Waals surface area contributed by atoms with E-state index in [1.54, 1.807) is 0 Å². The Bertz CT molecular complexity index is 780. The highest BCUT2D eigenvalue weighted by atomic mass is 16.4. The van der Waals surface area contributed by atoms with Crippen molar-refractivity contribution < 1.29 is 15.0 Å². The number of aromatic nitrogens is 3. The Morgan fingerprint density at radius 3 is 2.42 bits per heavy atom. The van der Waals surface area contributed by atoms with Gasteiger partial charge in [0, 0.05) is 20.6 Å². The summed E-state index contributed by atoms with van der Waals surface area (Å²) >= 11 is 0. The minimum Gasteiger partial charge on any atom is -0.477 e. The molecule has 102 valence electrons. The molecule has 0 aliphatic heterocycles. The molecule has 0 bridgehead atoms. The van der Waals surface area contributed by atoms with Crippen LogP contribution >= 0.6 is 0 Å². The van der Waals surface area contributed by atoms with Crippen molar-refractivity contribution in [2.45, 2.75) is 6.54 Å². The molecular weight excluding hydrogens is 254 g/mol. The molecular formula is C11H13N3O5. The molecule has 19 heavy (non-hydrogen) atoms. The predicted octanol–water partition coefficient (Wildman–Crippen LogP) is -1.27. The van der Waals surface area contributed by atoms with Crippen LogP contribution in [0.15, 0.2) is 15.7 Å². The van der Waals surface area contributed by atoms with Crippen LogP contribution in [-0.2, 0) is 20.6 Å². The monoisotopic (exact) mass is 267 g/mol. The minimum atomic E-state index is -1.22. The molecule has 0 spiro atoms. The van der Waals surface area contributed by atoms with Crippen LogP contribution in [-0.4, -0.2) is 36.5 Å². The lowest BCUT2D eigenvalue weighted by molar-refractivity contribution is 0.0684. The molecule has 0 radical (unpaired) electrons. The van der Waals surface area contributed by atoms with Gasteiger partial charge < -0.3 is 14.8 Å². The van der Waals surface area contributed by atoms with Crippen LogP contribution in [0.4, 0.5) is 0 Å². The van der Waals surface area contributed by atoms with Gasteiger partial charge in [0.1, 0.15) is 11.3 Å². The third-order valence-electron chi connectivity index (χ3n) is 3.04. The average molecular weight is 267 g/mol. The number of carboxylic acid groups (broad SMARTS) is 1. The zero-order valence-electron chi connectivity index (χ0n) is 10.5. The molecule has 2 N–H and O–H groups in total. The van der Waals surface area contributed by atoms with Crippen molar-refractivity contribution >= 4 is 17.0 Å². The number of aryl methyl sites for hydroxylation is 1. The molecule has 0 aromatic carbocycles. The molecule has 0 unspecified atom stereocenters. The number of carboxylic acids is 1. The average Bonchev–Trinajstić information content (AvgIpc) is 2.74. The fourth-order valence-corrected chi connectivity index (χ4v) is 2.14. The Morgan fingerprint density at radius 1 is 1.26 bits per heavy atom. The lowest BCUT2D eigenvalue weighted by atomic mass is 10.3. The van der Waals surface area contributed by atoms with Crippen LogP contribution in [0.2, 0.25) is 0 Å². The summed E-state index contributed by atoms with van der Waals surface area (Å²) in [6, 6.07) is 1.22. The first-order chi connectivity index (χ1) is 8.90. The summed E-state index contributed by atoms with van der Waals surface area (Å²) in [5.74, 6) is -1.22. The van der Waals surface area contributed by atoms with Crippen molar-refractivity contribution in [1.82, 2.24) is 13.7 Å². The summed E-state index contributed by atoms with van der Waals surface area (Å²) in [7, 11) is 2.78. The summed E-state index contributed by atoms with van der Waals surface area (Å²) in [4.78, 5) is 35.0. The van der Waals surface area contributed by atoms with Crippen molar-refractivity contribution in [1.29, 1.82) is 0 Å². The normalized spacial score (nSPS) is 11.1. The lowest BCUT2D eigenvalue weighted by Crippen LogP contribution is -2.37. The molecule has 0 aliphatic carbocycles. The van der Waals surface area contributed by atoms with Crippen LogP contribution in [0, 0.1) is 0 Å². The molecule has 2 rings (SSSR count). The van der Waals surface area contributed by atoms with Crippen molar-refractivity contribution in [2.24, 2.45) is 14.1 Å². The summed E-state index contributed by atoms with van der Waals surface area (Å²) in [5.41, 5.74) is -1.05. The van der Waals surface area contributed by atoms with E-state index in [0.29, 0.717) is 0 Å². The van der Waals surface area contributed by atoms with Gasteiger partial charge in [-0.2, -0.15) is 0 Å². The predicted molar refractivity (Wildman–Crippen MR) is 66.5 cm³/mol. The van der Waals surface area contributed by atoms with E-state index < -0.39 is 17.2 Å². The second kappa shape index (κ2) is 4.39. The van der Waals surface area contributed by atoms with Gasteiger partial charge in [0.05, 0.1) is 12.0 Å². The summed E-state index contributed by atoms with van der Waals surface area (Å²) in [5, 5.41) is 18.3. The highest BCUT2D eigenvalue weighted by molar-refractivity contribution is 5.93. The smallest absolute Gasteiger partial charge is 0.352 e. The summed E-state index contributed by atoms with van der Waals surface area (Å²) in [6.45, 7) is -0.307. The minimum absolute atomic E-state index is 0.00835. The Balaban J connectivity index is 3.05. The maximum absolute atomic E-state index is 12.0. The van der Waals surface area contributed by atoms with E-state index in [4.69, 9.17) is 10.2 Å². The van der Waals surface area contributed by atoms with Gasteiger partial charge in [0.15, 0.2) is 0 Å². The molecule has 0 fully saturated rings. The zero-order valence-corrected chi connectivity index (χ0v) is 10.5. The van der Waals surface area contributed by atoms with Crippen molar-refractivity contribution in [3.05, 3.63) is 32.6 Å². The quantitative estimate of drug-likeness (QED) is 0.721. The third-order valence-corrected chi connectivity index (χ3v) is 3.04. The number of fused-ring (bicyclic) bond motifs is 1. The molecule has 0 saturated heterocycles. The highest BCUT2D eigenvalue weighted by Crippen LogP contribution is 2.15. The van der Waals surface area contributed by atoms with Gasteiger partial charge in [-0.15, -0.1) is 0 Å². The maximum atomic E-state index is 12.0. The molecule has 0 atom stereocenters. The SMILES string of the molecule is Cn1c(=O)c2cc(C(=O)O)n(CCO)c2n(C)c1=O. The number of hydrogen-bond acceptors (Lipinski definition) is 4. The lowest BCUT2D eigenvalue weighted by Gasteiger charge is -2.09. The van der Waals surface area contributed by atoms with Gasteiger partial charge in [-0.1, -0.05) is 0 Å². The number of carbonyl (C=O) groups is 1. The standard InChI is InChI=1S/C11H13N3O5/c1-12-8-6(9(16)13(2)11(12)19)5-7(10(17)18)14(8)3-4-15/h5,15H,3-4H2,1-2H3,(H,17,18). The fraction of sp³-hybridized carbons (Fsp3) is 0.364. The first-order valence-corrected chi connectivity index (χ1v) is 5.53. The number of rotatable bonds is 3. The van der Waals surface area contributed by atoms with Gasteiger partial charge in [-0.3, -0.25) is 13.9 Å². The Hall–Kier alpha value is -2.35. The van der Waals surface area contributed by atoms with E-state index >= 15 is 0 Å². The van der Waals surface area contributed by atoms with Crippen molar-refractivity contribution in [2.75, 3.05) is 6.61 Å². The molecule has 0 amide bonds. The number of aliphatic hydroxyl groups is 1. The molecule has 2 heterocycles. The molecule has 8 heteroatoms. The van der Waals surface area contributed by atoms with Crippen LogP contribution in [0.1, 0.15) is 10.5 Å². The second-order valence-electron chi connectivity index (χ2n) is 4.15. The molecule has 0 saturated carbocycles. The number of nitrogens with zero attached hydrogens (tertiary/aromatic N) is 3. The fourth-order valence-electron chi connectivity index (χ4n) is 2.14. The third kappa shape index (κ3) is 1.76. The molecule has 8 nitrogen and oxygen atoms in total. The van der Waals surface area contributed by atoms with Gasteiger partial charge in [0.25, 0.3) is 5.56 Å². The second-order valence-corrected chi connectivity index (χ2v) is 4.15. The van der Waals surface area contributed by atoms with Crippen LogP contribution in [0.25, 0.3) is 11.0 Å². The van der Waals surface area contributed by atoms with Gasteiger partial charge in [-0.25, -0.2) is 9.59 Å². The molecule has 0 aliphatic rings. The van der Waals surface area contributed by atoms with E-state index in [-0.39, 0.29) is 29.9 Å². The number of aromatic carboxylic acids is 1. The Kier molecular flexibility index (Phi) is 3.03. The van der Waals surface area contributed by atoms with Crippen LogP contribution < -0.4 is 11.2 Å². The Labute approximate surface area is 106 Å². The summed E-state index contributed by atoms with van der Waals surface area (Å²) in [6.07, 6.45) is 0. The number of aliphatic hydroxyl groups excluding tert-OH is 1. The van der Waals surface area contributed by atoms with Gasteiger partial charge in [0.2, 0.25) is 0 Å². The van der Waals surface area contributed by atoms with E-state index in [9.17, 15) is 14.4 Å². The topological polar surface area (TPSA) is 106 Å². The molecule has 2 aromatic rings. The summed E-state index contributed by atoms with van der Waals surface area (Å²) < 4.78 is 3.36. The first kappa shape index (κ1) is 13.1. The van der Waals surface area contributed by atoms with Gasteiger partial charge >= 0.3 is 11.7 Å². The van der Waals surface area contributed by atoms with Crippen LogP contribution in [0.3, 0.4) is 0 Å². The largest absolute Gasteiger partial charge is 0.477 e. The zero-order chi connectivity index (χ0) is 14.3. The first-order valence-electron chi connectivity index (χ1n) is 5.53. The van der Waals surface area contributed by atoms with E-state index in [1.165, 1.54) is 29.3 Å². The Morgan fingerprint density at radius 2 is 1.89 bits per heavy atom. The number of hydrogen-bond donors (Lipinski definition) is 2. The van der Waals surface area contributed by atoms with Crippen molar-refractivity contribution in [3.63, 3.8) is 0 Å². The maximum Gasteiger partial charge on any atom is 0.352 e. The van der Waals surface area contributed by atoms with Crippen molar-refractivity contribution in [3.8, 4) is 0 Å². The van der Waals surface area contributed by atoms with E-state index in [1.807, 2.05) is 0 Å². The van der Waals surface area contributed by atoms with Crippen LogP contribution in [0.5, 0.6) is 0 Å². The highest BCUT2D eigenvalue weighted by Gasteiger charge is 2.20. The molecule has 2 aromatic heterocycles. The van der Waals surface area contributed by atoms with E-state index in [2.05, 4.69) is 0 Å². The van der Waals surface area contributed by atoms with Gasteiger partial charge in [-0.05, 0) is 6.07 Å².